The molecule has 136 valence electrons. The quantitative estimate of drug-likeness (QED) is 0.545. The molecule has 0 bridgehead atoms. The maximum absolute atomic E-state index is 5.33. The van der Waals surface area contributed by atoms with E-state index in [0.29, 0.717) is 24.0 Å². The van der Waals surface area contributed by atoms with E-state index in [-0.39, 0.29) is 0 Å². The number of rotatable bonds is 5. The molecule has 0 saturated carbocycles. The number of pyridine rings is 1. The number of fused-ring (bicyclic) bond motifs is 1. The maximum Gasteiger partial charge on any atom is 0.195 e. The number of nitrogens with one attached hydrogen (secondary N) is 2. The Bertz CT molecular complexity index is 933. The second-order valence-electron chi connectivity index (χ2n) is 5.75. The number of hydrogen-bond donors (Lipinski definition) is 2. The SMILES string of the molecule is CN=C(NCc1cn2c(C)cccc2n1)Nc1ccc(OC)c(OC)c1. The average molecular weight is 353 g/mol. The number of hydrogen-bond acceptors (Lipinski definition) is 4. The molecular weight excluding hydrogens is 330 g/mol. The predicted octanol–water partition coefficient (Wildman–Crippen LogP) is 2.85. The summed E-state index contributed by atoms with van der Waals surface area (Å²) >= 11 is 0. The number of aromatic nitrogens is 2. The van der Waals surface area contributed by atoms with Crippen molar-refractivity contribution in [3.8, 4) is 11.5 Å². The van der Waals surface area contributed by atoms with Crippen molar-refractivity contribution in [2.24, 2.45) is 4.99 Å². The molecule has 2 aromatic heterocycles. The molecule has 3 rings (SSSR count). The molecular formula is C19H23N5O2. The van der Waals surface area contributed by atoms with Crippen LogP contribution >= 0.6 is 0 Å². The lowest BCUT2D eigenvalue weighted by atomic mass is 10.3. The number of benzene rings is 1. The van der Waals surface area contributed by atoms with Gasteiger partial charge in [0.15, 0.2) is 17.5 Å². The first-order chi connectivity index (χ1) is 12.6. The summed E-state index contributed by atoms with van der Waals surface area (Å²) in [4.78, 5) is 8.87. The maximum atomic E-state index is 5.33. The Morgan fingerprint density at radius 1 is 1.15 bits per heavy atom. The van der Waals surface area contributed by atoms with Crippen molar-refractivity contribution in [1.29, 1.82) is 0 Å². The minimum absolute atomic E-state index is 0.564. The van der Waals surface area contributed by atoms with Gasteiger partial charge in [-0.2, -0.15) is 0 Å². The molecule has 26 heavy (non-hydrogen) atoms. The van der Waals surface area contributed by atoms with Crippen LogP contribution in [0, 0.1) is 6.92 Å². The number of imidazole rings is 1. The molecule has 7 heteroatoms. The van der Waals surface area contributed by atoms with Gasteiger partial charge in [-0.1, -0.05) is 6.07 Å². The summed E-state index contributed by atoms with van der Waals surface area (Å²) in [7, 11) is 4.95. The Labute approximate surface area is 152 Å². The number of aliphatic imine (C=N–C) groups is 1. The highest BCUT2D eigenvalue weighted by molar-refractivity contribution is 5.93. The van der Waals surface area contributed by atoms with Gasteiger partial charge in [-0.05, 0) is 31.2 Å². The van der Waals surface area contributed by atoms with E-state index >= 15 is 0 Å². The van der Waals surface area contributed by atoms with Crippen LogP contribution in [-0.2, 0) is 6.54 Å². The second kappa shape index (κ2) is 7.77. The summed E-state index contributed by atoms with van der Waals surface area (Å²) in [5, 5.41) is 6.51. The van der Waals surface area contributed by atoms with E-state index in [2.05, 4.69) is 38.0 Å². The van der Waals surface area contributed by atoms with Gasteiger partial charge in [0.2, 0.25) is 0 Å². The molecule has 3 aromatic rings. The lowest BCUT2D eigenvalue weighted by Crippen LogP contribution is -2.30. The van der Waals surface area contributed by atoms with Crippen LogP contribution in [0.3, 0.4) is 0 Å². The molecule has 0 fully saturated rings. The number of aryl methyl sites for hydroxylation is 1. The molecule has 0 radical (unpaired) electrons. The van der Waals surface area contributed by atoms with Crippen LogP contribution in [0.1, 0.15) is 11.4 Å². The number of anilines is 1. The fourth-order valence-electron chi connectivity index (χ4n) is 2.69. The Morgan fingerprint density at radius 3 is 2.65 bits per heavy atom. The van der Waals surface area contributed by atoms with Crippen molar-refractivity contribution in [3.05, 3.63) is 54.0 Å². The lowest BCUT2D eigenvalue weighted by molar-refractivity contribution is 0.355. The molecule has 0 aliphatic heterocycles. The van der Waals surface area contributed by atoms with E-state index in [9.17, 15) is 0 Å². The Morgan fingerprint density at radius 2 is 1.96 bits per heavy atom. The van der Waals surface area contributed by atoms with Gasteiger partial charge in [0.25, 0.3) is 0 Å². The normalized spacial score (nSPS) is 11.5. The topological polar surface area (TPSA) is 72.2 Å². The smallest absolute Gasteiger partial charge is 0.195 e. The largest absolute Gasteiger partial charge is 0.493 e. The van der Waals surface area contributed by atoms with Crippen LogP contribution in [0.25, 0.3) is 5.65 Å². The minimum Gasteiger partial charge on any atom is -0.493 e. The van der Waals surface area contributed by atoms with E-state index in [1.165, 1.54) is 0 Å². The average Bonchev–Trinajstić information content (AvgIpc) is 3.09. The van der Waals surface area contributed by atoms with E-state index in [4.69, 9.17) is 9.47 Å². The third kappa shape index (κ3) is 3.72. The summed E-state index contributed by atoms with van der Waals surface area (Å²) in [6, 6.07) is 11.7. The molecule has 7 nitrogen and oxygen atoms in total. The van der Waals surface area contributed by atoms with E-state index in [0.717, 1.165) is 22.7 Å². The van der Waals surface area contributed by atoms with Crippen molar-refractivity contribution >= 4 is 17.3 Å². The van der Waals surface area contributed by atoms with Gasteiger partial charge in [-0.15, -0.1) is 0 Å². The molecule has 2 heterocycles. The van der Waals surface area contributed by atoms with Crippen LogP contribution in [0.4, 0.5) is 5.69 Å². The highest BCUT2D eigenvalue weighted by Crippen LogP contribution is 2.29. The Kier molecular flexibility index (Phi) is 5.26. The Hall–Kier alpha value is -3.22. The Balaban J connectivity index is 1.69. The highest BCUT2D eigenvalue weighted by atomic mass is 16.5. The first kappa shape index (κ1) is 17.6. The zero-order chi connectivity index (χ0) is 18.5. The molecule has 0 unspecified atom stereocenters. The lowest BCUT2D eigenvalue weighted by Gasteiger charge is -2.13. The predicted molar refractivity (Wildman–Crippen MR) is 103 cm³/mol. The molecule has 0 aliphatic rings. The fraction of sp³-hybridized carbons (Fsp3) is 0.263. The van der Waals surface area contributed by atoms with Gasteiger partial charge in [0, 0.05) is 30.7 Å². The van der Waals surface area contributed by atoms with Gasteiger partial charge in [-0.25, -0.2) is 4.98 Å². The molecule has 1 aromatic carbocycles. The molecule has 0 atom stereocenters. The first-order valence-corrected chi connectivity index (χ1v) is 8.28. The summed E-state index contributed by atoms with van der Waals surface area (Å²) in [6.45, 7) is 2.62. The zero-order valence-corrected chi connectivity index (χ0v) is 15.4. The third-order valence-electron chi connectivity index (χ3n) is 4.05. The van der Waals surface area contributed by atoms with Gasteiger partial charge in [-0.3, -0.25) is 4.99 Å². The zero-order valence-electron chi connectivity index (χ0n) is 15.4. The summed E-state index contributed by atoms with van der Waals surface area (Å²) < 4.78 is 12.7. The van der Waals surface area contributed by atoms with E-state index < -0.39 is 0 Å². The summed E-state index contributed by atoms with van der Waals surface area (Å²) in [5.41, 5.74) is 3.87. The summed E-state index contributed by atoms with van der Waals surface area (Å²) in [6.07, 6.45) is 2.03. The van der Waals surface area contributed by atoms with E-state index in [1.54, 1.807) is 21.3 Å². The second-order valence-corrected chi connectivity index (χ2v) is 5.75. The van der Waals surface area contributed by atoms with Gasteiger partial charge in [0.1, 0.15) is 5.65 Å². The molecule has 0 spiro atoms. The molecule has 2 N–H and O–H groups in total. The minimum atomic E-state index is 0.564. The molecule has 0 saturated heterocycles. The van der Waals surface area contributed by atoms with Crippen LogP contribution in [-0.4, -0.2) is 36.6 Å². The molecule has 0 amide bonds. The van der Waals surface area contributed by atoms with Crippen molar-refractivity contribution < 1.29 is 9.47 Å². The highest BCUT2D eigenvalue weighted by Gasteiger charge is 2.07. The van der Waals surface area contributed by atoms with Crippen molar-refractivity contribution in [3.63, 3.8) is 0 Å². The van der Waals surface area contributed by atoms with Crippen molar-refractivity contribution in [2.45, 2.75) is 13.5 Å². The van der Waals surface area contributed by atoms with Crippen molar-refractivity contribution in [2.75, 3.05) is 26.6 Å². The number of nitrogens with zero attached hydrogens (tertiary/aromatic N) is 3. The number of guanidine groups is 1. The van der Waals surface area contributed by atoms with E-state index in [1.807, 2.05) is 36.5 Å². The van der Waals surface area contributed by atoms with Crippen LogP contribution < -0.4 is 20.1 Å². The van der Waals surface area contributed by atoms with Crippen LogP contribution in [0.2, 0.25) is 0 Å². The number of ether oxygens (including phenoxy) is 2. The number of methoxy groups -OCH3 is 2. The first-order valence-electron chi connectivity index (χ1n) is 8.28. The standard InChI is InChI=1S/C19H23N5O2/c1-13-6-5-7-18-22-15(12-24(13)18)11-21-19(20-2)23-14-8-9-16(25-3)17(10-14)26-4/h5-10,12H,11H2,1-4H3,(H2,20,21,23). The van der Waals surface area contributed by atoms with Crippen molar-refractivity contribution in [1.82, 2.24) is 14.7 Å². The monoisotopic (exact) mass is 353 g/mol. The third-order valence-corrected chi connectivity index (χ3v) is 4.05. The fourth-order valence-corrected chi connectivity index (χ4v) is 2.69. The summed E-state index contributed by atoms with van der Waals surface area (Å²) in [5.74, 6) is 1.98. The van der Waals surface area contributed by atoms with Gasteiger partial charge < -0.3 is 24.5 Å². The van der Waals surface area contributed by atoms with Gasteiger partial charge >= 0.3 is 0 Å². The molecule has 0 aliphatic carbocycles. The van der Waals surface area contributed by atoms with Gasteiger partial charge in [0.05, 0.1) is 26.5 Å². The van der Waals surface area contributed by atoms with Crippen LogP contribution in [0.5, 0.6) is 11.5 Å². The van der Waals surface area contributed by atoms with Crippen LogP contribution in [0.15, 0.2) is 47.6 Å².